The average molecular weight is 377 g/mol. The van der Waals surface area contributed by atoms with Gasteiger partial charge in [-0.2, -0.15) is 16.6 Å². The number of hydrogen-bond donors (Lipinski definition) is 0. The van der Waals surface area contributed by atoms with Gasteiger partial charge in [0.2, 0.25) is 5.79 Å². The molecular formula is C22H19NO3S. The Morgan fingerprint density at radius 2 is 2.07 bits per heavy atom. The highest BCUT2D eigenvalue weighted by Crippen LogP contribution is 2.55. The summed E-state index contributed by atoms with van der Waals surface area (Å²) in [6.07, 6.45) is 1.31. The number of allylic oxidation sites excluding steroid dienone is 1. The highest BCUT2D eigenvalue weighted by Gasteiger charge is 2.53. The van der Waals surface area contributed by atoms with Gasteiger partial charge < -0.3 is 9.47 Å². The van der Waals surface area contributed by atoms with Crippen molar-refractivity contribution in [1.29, 1.82) is 5.26 Å². The molecule has 1 aromatic heterocycles. The summed E-state index contributed by atoms with van der Waals surface area (Å²) in [6.45, 7) is 4.21. The molecule has 0 radical (unpaired) electrons. The van der Waals surface area contributed by atoms with E-state index in [-0.39, 0.29) is 11.2 Å². The number of hydrogen-bond acceptors (Lipinski definition) is 5. The van der Waals surface area contributed by atoms with Crippen molar-refractivity contribution >= 4 is 17.1 Å². The molecule has 4 nitrogen and oxygen atoms in total. The molecule has 5 heteroatoms. The van der Waals surface area contributed by atoms with Crippen LogP contribution in [0.25, 0.3) is 0 Å². The van der Waals surface area contributed by atoms with E-state index in [0.29, 0.717) is 24.0 Å². The molecule has 0 saturated heterocycles. The lowest BCUT2D eigenvalue weighted by molar-refractivity contribution is -0.272. The fraction of sp³-hybridized carbons (Fsp3) is 0.364. The number of thiophene rings is 1. The second-order valence-corrected chi connectivity index (χ2v) is 9.12. The maximum Gasteiger partial charge on any atom is 0.242 e. The maximum atomic E-state index is 13.0. The van der Waals surface area contributed by atoms with E-state index in [1.54, 1.807) is 17.4 Å². The third-order valence-corrected chi connectivity index (χ3v) is 6.36. The second kappa shape index (κ2) is 5.54. The first-order chi connectivity index (χ1) is 12.9. The van der Waals surface area contributed by atoms with E-state index in [1.165, 1.54) is 0 Å². The molecule has 2 unspecified atom stereocenters. The second-order valence-electron chi connectivity index (χ2n) is 8.34. The molecule has 0 amide bonds. The number of rotatable bonds is 1. The number of nitrogens with zero attached hydrogens (tertiary/aromatic N) is 1. The molecule has 0 spiro atoms. The quantitative estimate of drug-likeness (QED) is 0.719. The summed E-state index contributed by atoms with van der Waals surface area (Å²) in [5.41, 5.74) is 4.10. The van der Waals surface area contributed by atoms with E-state index < -0.39 is 11.9 Å². The van der Waals surface area contributed by atoms with Crippen LogP contribution in [0, 0.1) is 16.7 Å². The molecule has 2 aromatic rings. The summed E-state index contributed by atoms with van der Waals surface area (Å²) in [5.74, 6) is -0.0609. The molecule has 5 rings (SSSR count). The number of ether oxygens (including phenoxy) is 2. The van der Waals surface area contributed by atoms with E-state index in [2.05, 4.69) is 19.9 Å². The van der Waals surface area contributed by atoms with E-state index in [4.69, 9.17) is 9.47 Å². The lowest BCUT2D eigenvalue weighted by atomic mass is 9.72. The minimum atomic E-state index is -0.932. The van der Waals surface area contributed by atoms with Crippen molar-refractivity contribution in [2.75, 3.05) is 0 Å². The Morgan fingerprint density at radius 3 is 2.81 bits per heavy atom. The molecule has 2 bridgehead atoms. The standard InChI is InChI=1S/C22H19NO3S/c1-21(2)9-17(24)19-18(10-21)25-22(15-5-6-27-12-15)8-14-7-13(11-23)3-4-16(14)20(19)26-22/h3-7,12,20H,8-10H2,1-2H3. The van der Waals surface area contributed by atoms with Crippen LogP contribution in [0.5, 0.6) is 0 Å². The van der Waals surface area contributed by atoms with Gasteiger partial charge in [0.1, 0.15) is 11.9 Å². The summed E-state index contributed by atoms with van der Waals surface area (Å²) >= 11 is 1.60. The fourth-order valence-corrected chi connectivity index (χ4v) is 5.18. The molecule has 0 N–H and O–H groups in total. The van der Waals surface area contributed by atoms with Gasteiger partial charge in [-0.25, -0.2) is 0 Å². The summed E-state index contributed by atoms with van der Waals surface area (Å²) in [6, 6.07) is 9.85. The van der Waals surface area contributed by atoms with Gasteiger partial charge in [0.15, 0.2) is 5.78 Å². The summed E-state index contributed by atoms with van der Waals surface area (Å²) in [7, 11) is 0. The van der Waals surface area contributed by atoms with Crippen molar-refractivity contribution in [2.24, 2.45) is 5.41 Å². The summed E-state index contributed by atoms with van der Waals surface area (Å²) < 4.78 is 13.0. The van der Waals surface area contributed by atoms with Crippen LogP contribution in [0.4, 0.5) is 0 Å². The lowest BCUT2D eigenvalue weighted by Crippen LogP contribution is -2.47. The molecule has 3 aliphatic rings. The van der Waals surface area contributed by atoms with Crippen molar-refractivity contribution in [1.82, 2.24) is 0 Å². The number of carbonyl (C=O) groups excluding carboxylic acids is 1. The molecule has 0 fully saturated rings. The van der Waals surface area contributed by atoms with Gasteiger partial charge in [0.25, 0.3) is 0 Å². The normalized spacial score (nSPS) is 28.0. The maximum absolute atomic E-state index is 13.0. The van der Waals surface area contributed by atoms with E-state index >= 15 is 0 Å². The lowest BCUT2D eigenvalue weighted by Gasteiger charge is -2.49. The summed E-state index contributed by atoms with van der Waals surface area (Å²) in [5, 5.41) is 13.3. The zero-order valence-corrected chi connectivity index (χ0v) is 16.1. The molecule has 3 heterocycles. The SMILES string of the molecule is CC1(C)CC(=O)C2=C(C1)OC1(c3ccsc3)Cc3cc(C#N)ccc3C2O1. The molecule has 1 aromatic carbocycles. The van der Waals surface area contributed by atoms with Crippen molar-refractivity contribution < 1.29 is 14.3 Å². The van der Waals surface area contributed by atoms with Gasteiger partial charge in [-0.15, -0.1) is 0 Å². The Morgan fingerprint density at radius 1 is 1.22 bits per heavy atom. The first-order valence-electron chi connectivity index (χ1n) is 9.09. The monoisotopic (exact) mass is 377 g/mol. The number of Topliss-reactive ketones (excluding diaryl/α,β-unsaturated/α-hetero) is 1. The summed E-state index contributed by atoms with van der Waals surface area (Å²) in [4.78, 5) is 13.0. The van der Waals surface area contributed by atoms with Crippen LogP contribution in [-0.4, -0.2) is 5.78 Å². The minimum Gasteiger partial charge on any atom is -0.461 e. The number of benzene rings is 1. The Bertz CT molecular complexity index is 1030. The largest absolute Gasteiger partial charge is 0.461 e. The average Bonchev–Trinajstić information content (AvgIpc) is 3.15. The van der Waals surface area contributed by atoms with Gasteiger partial charge in [-0.3, -0.25) is 4.79 Å². The first-order valence-corrected chi connectivity index (χ1v) is 10.0. The number of nitriles is 1. The predicted molar refractivity (Wildman–Crippen MR) is 101 cm³/mol. The van der Waals surface area contributed by atoms with Gasteiger partial charge in [-0.05, 0) is 40.1 Å². The van der Waals surface area contributed by atoms with Crippen molar-refractivity contribution in [3.05, 3.63) is 68.6 Å². The molecule has 1 aliphatic carbocycles. The molecule has 136 valence electrons. The van der Waals surface area contributed by atoms with Crippen LogP contribution < -0.4 is 0 Å². The highest BCUT2D eigenvalue weighted by atomic mass is 32.1. The van der Waals surface area contributed by atoms with E-state index in [1.807, 2.05) is 29.0 Å². The van der Waals surface area contributed by atoms with Crippen LogP contribution in [0.3, 0.4) is 0 Å². The predicted octanol–water partition coefficient (Wildman–Crippen LogP) is 4.76. The molecular weight excluding hydrogens is 358 g/mol. The van der Waals surface area contributed by atoms with Gasteiger partial charge in [0.05, 0.1) is 17.2 Å². The highest BCUT2D eigenvalue weighted by molar-refractivity contribution is 7.08. The van der Waals surface area contributed by atoms with Crippen molar-refractivity contribution in [3.8, 4) is 6.07 Å². The van der Waals surface area contributed by atoms with Crippen molar-refractivity contribution in [2.45, 2.75) is 45.0 Å². The van der Waals surface area contributed by atoms with E-state index in [9.17, 15) is 10.1 Å². The zero-order chi connectivity index (χ0) is 18.8. The smallest absolute Gasteiger partial charge is 0.242 e. The van der Waals surface area contributed by atoms with Crippen LogP contribution in [-0.2, 0) is 26.5 Å². The number of carbonyl (C=O) groups is 1. The van der Waals surface area contributed by atoms with E-state index in [0.717, 1.165) is 28.9 Å². The van der Waals surface area contributed by atoms with Crippen LogP contribution in [0.1, 0.15) is 55.0 Å². The third-order valence-electron chi connectivity index (χ3n) is 5.68. The Kier molecular flexibility index (Phi) is 3.43. The zero-order valence-electron chi connectivity index (χ0n) is 15.2. The van der Waals surface area contributed by atoms with Crippen LogP contribution in [0.2, 0.25) is 0 Å². The molecule has 0 saturated carbocycles. The Labute approximate surface area is 162 Å². The minimum absolute atomic E-state index is 0.0994. The van der Waals surface area contributed by atoms with Crippen LogP contribution >= 0.6 is 11.3 Å². The number of ketones is 1. The Hall–Kier alpha value is -2.42. The molecule has 27 heavy (non-hydrogen) atoms. The van der Waals surface area contributed by atoms with Gasteiger partial charge in [0, 0.05) is 30.2 Å². The first kappa shape index (κ1) is 16.7. The third kappa shape index (κ3) is 2.48. The molecule has 2 atom stereocenters. The van der Waals surface area contributed by atoms with Gasteiger partial charge >= 0.3 is 0 Å². The topological polar surface area (TPSA) is 59.3 Å². The fourth-order valence-electron chi connectivity index (χ4n) is 4.48. The number of fused-ring (bicyclic) bond motifs is 5. The van der Waals surface area contributed by atoms with Crippen molar-refractivity contribution in [3.63, 3.8) is 0 Å². The van der Waals surface area contributed by atoms with Crippen LogP contribution in [0.15, 0.2) is 46.4 Å². The van der Waals surface area contributed by atoms with Gasteiger partial charge in [-0.1, -0.05) is 19.9 Å². The Balaban J connectivity index is 1.74. The molecule has 2 aliphatic heterocycles.